The number of aromatic nitrogens is 2. The average Bonchev–Trinajstić information content (AvgIpc) is 3.03. The van der Waals surface area contributed by atoms with Crippen molar-refractivity contribution < 1.29 is 24.1 Å². The van der Waals surface area contributed by atoms with Crippen LogP contribution in [0.5, 0.6) is 5.88 Å². The number of hydrogen-bond acceptors (Lipinski definition) is 7. The third-order valence-electron chi connectivity index (χ3n) is 3.56. The molecule has 0 bridgehead atoms. The van der Waals surface area contributed by atoms with Crippen LogP contribution >= 0.6 is 0 Å². The number of pyridine rings is 1. The summed E-state index contributed by atoms with van der Waals surface area (Å²) in [6.45, 7) is 2.22. The number of aryl methyl sites for hydroxylation is 1. The molecule has 0 saturated carbocycles. The summed E-state index contributed by atoms with van der Waals surface area (Å²) in [6.07, 6.45) is 1.83. The molecular weight excluding hydrogens is 324 g/mol. The Hall–Kier alpha value is -3.19. The van der Waals surface area contributed by atoms with Crippen molar-refractivity contribution in [2.75, 3.05) is 6.61 Å². The Bertz CT molecular complexity index is 844. The number of benzene rings is 1. The lowest BCUT2D eigenvalue weighted by Gasteiger charge is -2.04. The van der Waals surface area contributed by atoms with E-state index in [9.17, 15) is 4.79 Å². The van der Waals surface area contributed by atoms with Crippen molar-refractivity contribution >= 4 is 5.97 Å². The number of carbonyl (C=O) groups is 1. The zero-order valence-electron chi connectivity index (χ0n) is 13.5. The third kappa shape index (κ3) is 4.02. The topological polar surface area (TPSA) is 94.7 Å². The highest BCUT2D eigenvalue weighted by atomic mass is 17.1. The van der Waals surface area contributed by atoms with E-state index in [0.29, 0.717) is 24.8 Å². The van der Waals surface area contributed by atoms with Gasteiger partial charge >= 0.3 is 5.97 Å². The summed E-state index contributed by atoms with van der Waals surface area (Å²) in [4.78, 5) is 23.2. The van der Waals surface area contributed by atoms with E-state index in [0.717, 1.165) is 17.0 Å². The molecule has 3 aromatic rings. The van der Waals surface area contributed by atoms with Crippen LogP contribution in [-0.2, 0) is 11.3 Å². The van der Waals surface area contributed by atoms with Gasteiger partial charge in [-0.05, 0) is 25.1 Å². The van der Waals surface area contributed by atoms with Crippen molar-refractivity contribution in [3.63, 3.8) is 0 Å². The molecule has 0 aliphatic heterocycles. The highest BCUT2D eigenvalue weighted by Crippen LogP contribution is 2.21. The third-order valence-corrected chi connectivity index (χ3v) is 3.56. The maximum absolute atomic E-state index is 11.1. The first-order valence-electron chi connectivity index (χ1n) is 7.63. The summed E-state index contributed by atoms with van der Waals surface area (Å²) >= 11 is 0. The van der Waals surface area contributed by atoms with Crippen LogP contribution in [0.15, 0.2) is 53.1 Å². The van der Waals surface area contributed by atoms with Crippen molar-refractivity contribution in [3.05, 3.63) is 65.7 Å². The Morgan fingerprint density at radius 3 is 2.68 bits per heavy atom. The molecule has 128 valence electrons. The molecule has 7 heteroatoms. The van der Waals surface area contributed by atoms with Crippen molar-refractivity contribution in [2.24, 2.45) is 0 Å². The maximum Gasteiger partial charge on any atom is 0.374 e. The minimum Gasteiger partial charge on any atom is -0.477 e. The van der Waals surface area contributed by atoms with Gasteiger partial charge in [0.05, 0.1) is 17.9 Å². The van der Waals surface area contributed by atoms with Gasteiger partial charge in [-0.1, -0.05) is 18.2 Å². The number of hydrogen-bond donors (Lipinski definition) is 1. The van der Waals surface area contributed by atoms with Crippen LogP contribution in [0.4, 0.5) is 0 Å². The molecule has 0 aliphatic rings. The van der Waals surface area contributed by atoms with Gasteiger partial charge in [-0.3, -0.25) is 4.89 Å². The lowest BCUT2D eigenvalue weighted by molar-refractivity contribution is -0.182. The molecule has 1 N–H and O–H groups in total. The lowest BCUT2D eigenvalue weighted by atomic mass is 10.2. The summed E-state index contributed by atoms with van der Waals surface area (Å²) in [5.41, 5.74) is 1.87. The summed E-state index contributed by atoms with van der Waals surface area (Å²) in [5, 5.41) is 8.31. The summed E-state index contributed by atoms with van der Waals surface area (Å²) in [5.74, 6) is 0.819. The molecule has 0 aliphatic carbocycles. The molecule has 25 heavy (non-hydrogen) atoms. The molecule has 7 nitrogen and oxygen atoms in total. The van der Waals surface area contributed by atoms with Crippen molar-refractivity contribution in [1.29, 1.82) is 0 Å². The largest absolute Gasteiger partial charge is 0.477 e. The molecule has 2 aromatic heterocycles. The molecule has 0 spiro atoms. The van der Waals surface area contributed by atoms with Crippen LogP contribution in [0, 0.1) is 6.92 Å². The summed E-state index contributed by atoms with van der Waals surface area (Å²) < 4.78 is 11.2. The fourth-order valence-electron chi connectivity index (χ4n) is 2.26. The fraction of sp³-hybridized carbons (Fsp3) is 0.167. The normalized spacial score (nSPS) is 10.5. The molecule has 0 unspecified atom stereocenters. The van der Waals surface area contributed by atoms with Gasteiger partial charge < -0.3 is 9.15 Å². The van der Waals surface area contributed by atoms with Gasteiger partial charge in [0.1, 0.15) is 5.76 Å². The molecule has 1 aromatic carbocycles. The smallest absolute Gasteiger partial charge is 0.374 e. The van der Waals surface area contributed by atoms with E-state index in [-0.39, 0.29) is 5.56 Å². The molecular formula is C18H16N2O5. The zero-order valence-corrected chi connectivity index (χ0v) is 13.5. The van der Waals surface area contributed by atoms with E-state index in [1.165, 1.54) is 18.3 Å². The number of oxazole rings is 1. The summed E-state index contributed by atoms with van der Waals surface area (Å²) in [6, 6.07) is 12.7. The zero-order chi connectivity index (χ0) is 17.6. The predicted molar refractivity (Wildman–Crippen MR) is 88.2 cm³/mol. The quantitative estimate of drug-likeness (QED) is 0.543. The standard InChI is InChI=1S/C18H16N2O5/c1-12-15(20-17(24-12)13-5-3-2-4-6-13)9-10-23-16-8-7-14(11-19-16)18(21)25-22/h2-8,11,22H,9-10H2,1H3. The first-order chi connectivity index (χ1) is 12.2. The Labute approximate surface area is 143 Å². The van der Waals surface area contributed by atoms with E-state index in [2.05, 4.69) is 14.9 Å². The second-order valence-corrected chi connectivity index (χ2v) is 5.25. The van der Waals surface area contributed by atoms with E-state index in [4.69, 9.17) is 14.4 Å². The van der Waals surface area contributed by atoms with Crippen LogP contribution < -0.4 is 4.74 Å². The average molecular weight is 340 g/mol. The first kappa shape index (κ1) is 16.7. The van der Waals surface area contributed by atoms with E-state index in [1.807, 2.05) is 37.3 Å². The molecule has 0 radical (unpaired) electrons. The van der Waals surface area contributed by atoms with Gasteiger partial charge in [-0.2, -0.15) is 5.26 Å². The van der Waals surface area contributed by atoms with Gasteiger partial charge in [-0.25, -0.2) is 14.8 Å². The van der Waals surface area contributed by atoms with Crippen LogP contribution in [0.25, 0.3) is 11.5 Å². The predicted octanol–water partition coefficient (Wildman–Crippen LogP) is 3.30. The minimum absolute atomic E-state index is 0.134. The van der Waals surface area contributed by atoms with Crippen LogP contribution in [0.3, 0.4) is 0 Å². The van der Waals surface area contributed by atoms with Crippen LogP contribution in [-0.4, -0.2) is 27.8 Å². The maximum atomic E-state index is 11.1. The molecule has 0 saturated heterocycles. The van der Waals surface area contributed by atoms with Crippen LogP contribution in [0.2, 0.25) is 0 Å². The number of nitrogens with zero attached hydrogens (tertiary/aromatic N) is 2. The molecule has 0 fully saturated rings. The minimum atomic E-state index is -0.870. The fourth-order valence-corrected chi connectivity index (χ4v) is 2.26. The number of carbonyl (C=O) groups excluding carboxylic acids is 1. The Balaban J connectivity index is 1.59. The Kier molecular flexibility index (Phi) is 5.06. The Morgan fingerprint density at radius 2 is 2.00 bits per heavy atom. The van der Waals surface area contributed by atoms with E-state index in [1.54, 1.807) is 0 Å². The second-order valence-electron chi connectivity index (χ2n) is 5.25. The molecule has 3 rings (SSSR count). The van der Waals surface area contributed by atoms with Gasteiger partial charge in [-0.15, -0.1) is 0 Å². The highest BCUT2D eigenvalue weighted by molar-refractivity contribution is 5.88. The van der Waals surface area contributed by atoms with Crippen molar-refractivity contribution in [1.82, 2.24) is 9.97 Å². The highest BCUT2D eigenvalue weighted by Gasteiger charge is 2.12. The Morgan fingerprint density at radius 1 is 1.20 bits per heavy atom. The number of ether oxygens (including phenoxy) is 1. The second kappa shape index (κ2) is 7.59. The number of rotatable bonds is 6. The van der Waals surface area contributed by atoms with E-state index < -0.39 is 5.97 Å². The molecule has 2 heterocycles. The SMILES string of the molecule is Cc1oc(-c2ccccc2)nc1CCOc1ccc(C(=O)OO)cn1. The molecule has 0 atom stereocenters. The van der Waals surface area contributed by atoms with Gasteiger partial charge in [0, 0.05) is 24.2 Å². The van der Waals surface area contributed by atoms with Crippen LogP contribution in [0.1, 0.15) is 21.8 Å². The molecule has 0 amide bonds. The van der Waals surface area contributed by atoms with Gasteiger partial charge in [0.15, 0.2) is 0 Å². The summed E-state index contributed by atoms with van der Waals surface area (Å²) in [7, 11) is 0. The van der Waals surface area contributed by atoms with Crippen molar-refractivity contribution in [3.8, 4) is 17.3 Å². The lowest BCUT2D eigenvalue weighted by Crippen LogP contribution is -2.06. The monoisotopic (exact) mass is 340 g/mol. The first-order valence-corrected chi connectivity index (χ1v) is 7.63. The van der Waals surface area contributed by atoms with Crippen molar-refractivity contribution in [2.45, 2.75) is 13.3 Å². The van der Waals surface area contributed by atoms with E-state index >= 15 is 0 Å². The van der Waals surface area contributed by atoms with Gasteiger partial charge in [0.2, 0.25) is 11.8 Å². The van der Waals surface area contributed by atoms with Gasteiger partial charge in [0.25, 0.3) is 0 Å².